The van der Waals surface area contributed by atoms with Crippen molar-refractivity contribution < 1.29 is 0 Å². The fourth-order valence-electron chi connectivity index (χ4n) is 2.36. The Balaban J connectivity index is 2.23. The lowest BCUT2D eigenvalue weighted by atomic mass is 10.0. The molecule has 1 N–H and O–H groups in total. The van der Waals surface area contributed by atoms with Crippen molar-refractivity contribution in [2.24, 2.45) is 0 Å². The van der Waals surface area contributed by atoms with Crippen LogP contribution in [0.25, 0.3) is 10.9 Å². The Morgan fingerprint density at radius 3 is 3.13 bits per heavy atom. The van der Waals surface area contributed by atoms with Crippen LogP contribution in [0.3, 0.4) is 0 Å². The van der Waals surface area contributed by atoms with Gasteiger partial charge in [0.15, 0.2) is 0 Å². The summed E-state index contributed by atoms with van der Waals surface area (Å²) in [4.78, 5) is 5.79. The normalized spacial score (nSPS) is 16.9. The first-order valence-electron chi connectivity index (χ1n) is 5.21. The quantitative estimate of drug-likeness (QED) is 0.724. The Morgan fingerprint density at radius 2 is 2.27 bits per heavy atom. The maximum atomic E-state index is 5.98. The number of benzene rings is 1. The average Bonchev–Trinajstić information content (AvgIpc) is 2.53. The number of H-pyrrole nitrogens is 1. The van der Waals surface area contributed by atoms with E-state index in [1.165, 1.54) is 22.2 Å². The summed E-state index contributed by atoms with van der Waals surface area (Å²) in [5.41, 5.74) is 3.99. The van der Waals surface area contributed by atoms with Crippen LogP contribution in [0.15, 0.2) is 18.2 Å². The first-order chi connectivity index (χ1) is 7.24. The lowest BCUT2D eigenvalue weighted by molar-refractivity contribution is 0.310. The van der Waals surface area contributed by atoms with E-state index >= 15 is 0 Å². The summed E-state index contributed by atoms with van der Waals surface area (Å²) in [6.45, 7) is 2.16. The number of hydrogen-bond acceptors (Lipinski definition) is 1. The second kappa shape index (κ2) is 3.26. The molecule has 0 saturated carbocycles. The maximum absolute atomic E-state index is 5.98. The molecule has 1 aliphatic heterocycles. The molecule has 2 aromatic rings. The van der Waals surface area contributed by atoms with Crippen molar-refractivity contribution in [1.82, 2.24) is 9.88 Å². The highest BCUT2D eigenvalue weighted by molar-refractivity contribution is 6.31. The lowest BCUT2D eigenvalue weighted by Crippen LogP contribution is -2.26. The summed E-state index contributed by atoms with van der Waals surface area (Å²) >= 11 is 5.98. The number of fused-ring (bicyclic) bond motifs is 3. The smallest absolute Gasteiger partial charge is 0.0474 e. The third-order valence-corrected chi connectivity index (χ3v) is 3.36. The predicted octanol–water partition coefficient (Wildman–Crippen LogP) is 2.81. The summed E-state index contributed by atoms with van der Waals surface area (Å²) in [7, 11) is 2.15. The van der Waals surface area contributed by atoms with Crippen LogP contribution in [0.5, 0.6) is 0 Å². The van der Waals surface area contributed by atoms with E-state index in [4.69, 9.17) is 11.6 Å². The van der Waals surface area contributed by atoms with Gasteiger partial charge in [-0.15, -0.1) is 0 Å². The van der Waals surface area contributed by atoms with Gasteiger partial charge in [0.05, 0.1) is 0 Å². The molecule has 2 heterocycles. The Bertz CT molecular complexity index is 516. The van der Waals surface area contributed by atoms with E-state index in [0.717, 1.165) is 24.5 Å². The first kappa shape index (κ1) is 9.25. The van der Waals surface area contributed by atoms with Gasteiger partial charge in [-0.05, 0) is 31.2 Å². The molecule has 78 valence electrons. The molecule has 0 bridgehead atoms. The summed E-state index contributed by atoms with van der Waals surface area (Å²) < 4.78 is 0. The molecule has 1 aliphatic rings. The number of aromatic nitrogens is 1. The number of halogens is 1. The molecule has 3 rings (SSSR count). The largest absolute Gasteiger partial charge is 0.357 e. The third kappa shape index (κ3) is 1.45. The molecule has 1 aromatic carbocycles. The Hall–Kier alpha value is -0.990. The van der Waals surface area contributed by atoms with Gasteiger partial charge in [-0.1, -0.05) is 17.7 Å². The summed E-state index contributed by atoms with van der Waals surface area (Å²) in [6, 6.07) is 6.10. The van der Waals surface area contributed by atoms with Gasteiger partial charge in [0.25, 0.3) is 0 Å². The van der Waals surface area contributed by atoms with Crippen molar-refractivity contribution in [3.63, 3.8) is 0 Å². The Labute approximate surface area is 93.8 Å². The lowest BCUT2D eigenvalue weighted by Gasteiger charge is -2.22. The van der Waals surface area contributed by atoms with Gasteiger partial charge >= 0.3 is 0 Å². The van der Waals surface area contributed by atoms with Gasteiger partial charge in [-0.25, -0.2) is 0 Å². The molecular formula is C12H13ClN2. The van der Waals surface area contributed by atoms with Gasteiger partial charge in [0.2, 0.25) is 0 Å². The minimum Gasteiger partial charge on any atom is -0.357 e. The molecule has 0 spiro atoms. The van der Waals surface area contributed by atoms with Gasteiger partial charge in [0.1, 0.15) is 0 Å². The molecule has 0 radical (unpaired) electrons. The number of nitrogens with one attached hydrogen (secondary N) is 1. The molecule has 0 unspecified atom stereocenters. The van der Waals surface area contributed by atoms with Crippen LogP contribution in [0.2, 0.25) is 5.02 Å². The van der Waals surface area contributed by atoms with Crippen LogP contribution >= 0.6 is 11.6 Å². The molecule has 15 heavy (non-hydrogen) atoms. The summed E-state index contributed by atoms with van der Waals surface area (Å²) in [5.74, 6) is 0. The fraction of sp³-hybridized carbons (Fsp3) is 0.333. The molecule has 0 aliphatic carbocycles. The summed E-state index contributed by atoms with van der Waals surface area (Å²) in [5, 5.41) is 2.14. The number of nitrogens with zero attached hydrogens (tertiary/aromatic N) is 1. The molecule has 2 nitrogen and oxygen atoms in total. The standard InChI is InChI=1S/C12H13ClN2/c1-15-5-4-10-9-3-2-8(13)6-11(9)14-12(10)7-15/h2-3,6,14H,4-5,7H2,1H3. The minimum atomic E-state index is 0.800. The van der Waals surface area contributed by atoms with Crippen molar-refractivity contribution in [2.45, 2.75) is 13.0 Å². The predicted molar refractivity (Wildman–Crippen MR) is 63.3 cm³/mol. The van der Waals surface area contributed by atoms with E-state index in [0.29, 0.717) is 0 Å². The van der Waals surface area contributed by atoms with Gasteiger partial charge in [-0.3, -0.25) is 0 Å². The number of rotatable bonds is 0. The van der Waals surface area contributed by atoms with E-state index in [1.807, 2.05) is 12.1 Å². The summed E-state index contributed by atoms with van der Waals surface area (Å²) in [6.07, 6.45) is 1.13. The SMILES string of the molecule is CN1CCc2c([nH]c3cc(Cl)ccc23)C1. The van der Waals surface area contributed by atoms with E-state index in [9.17, 15) is 0 Å². The van der Waals surface area contributed by atoms with Crippen molar-refractivity contribution in [2.75, 3.05) is 13.6 Å². The third-order valence-electron chi connectivity index (χ3n) is 3.13. The second-order valence-electron chi connectivity index (χ2n) is 4.26. The van der Waals surface area contributed by atoms with Crippen molar-refractivity contribution in [3.05, 3.63) is 34.5 Å². The minimum absolute atomic E-state index is 0.800. The molecular weight excluding hydrogens is 208 g/mol. The van der Waals surface area contributed by atoms with Crippen molar-refractivity contribution in [1.29, 1.82) is 0 Å². The Morgan fingerprint density at radius 1 is 1.40 bits per heavy atom. The zero-order valence-corrected chi connectivity index (χ0v) is 9.43. The van der Waals surface area contributed by atoms with Crippen molar-refractivity contribution in [3.8, 4) is 0 Å². The van der Waals surface area contributed by atoms with Crippen molar-refractivity contribution >= 4 is 22.5 Å². The van der Waals surface area contributed by atoms with Gasteiger partial charge in [0, 0.05) is 34.7 Å². The number of likely N-dealkylation sites (N-methyl/N-ethyl adjacent to an activating group) is 1. The van der Waals surface area contributed by atoms with Crippen LogP contribution in [0.1, 0.15) is 11.3 Å². The monoisotopic (exact) mass is 220 g/mol. The fourth-order valence-corrected chi connectivity index (χ4v) is 2.53. The van der Waals surface area contributed by atoms with E-state index in [2.05, 4.69) is 23.0 Å². The zero-order valence-electron chi connectivity index (χ0n) is 8.68. The van der Waals surface area contributed by atoms with Crippen LogP contribution in [-0.2, 0) is 13.0 Å². The van der Waals surface area contributed by atoms with Gasteiger partial charge < -0.3 is 9.88 Å². The Kier molecular flexibility index (Phi) is 2.01. The van der Waals surface area contributed by atoms with Crippen LogP contribution in [-0.4, -0.2) is 23.5 Å². The topological polar surface area (TPSA) is 19.0 Å². The van der Waals surface area contributed by atoms with Crippen LogP contribution < -0.4 is 0 Å². The number of aromatic amines is 1. The highest BCUT2D eigenvalue weighted by Crippen LogP contribution is 2.28. The van der Waals surface area contributed by atoms with E-state index in [-0.39, 0.29) is 0 Å². The molecule has 0 saturated heterocycles. The second-order valence-corrected chi connectivity index (χ2v) is 4.70. The maximum Gasteiger partial charge on any atom is 0.0474 e. The zero-order chi connectivity index (χ0) is 10.4. The highest BCUT2D eigenvalue weighted by atomic mass is 35.5. The number of hydrogen-bond donors (Lipinski definition) is 1. The van der Waals surface area contributed by atoms with E-state index in [1.54, 1.807) is 0 Å². The average molecular weight is 221 g/mol. The first-order valence-corrected chi connectivity index (χ1v) is 5.59. The van der Waals surface area contributed by atoms with Crippen LogP contribution in [0, 0.1) is 0 Å². The van der Waals surface area contributed by atoms with E-state index < -0.39 is 0 Å². The van der Waals surface area contributed by atoms with Crippen LogP contribution in [0.4, 0.5) is 0 Å². The van der Waals surface area contributed by atoms with Gasteiger partial charge in [-0.2, -0.15) is 0 Å². The molecule has 0 amide bonds. The highest BCUT2D eigenvalue weighted by Gasteiger charge is 2.17. The molecule has 3 heteroatoms. The molecule has 0 fully saturated rings. The molecule has 0 atom stereocenters. The molecule has 1 aromatic heterocycles.